The molecule has 0 atom stereocenters. The average molecular weight is 189 g/mol. The van der Waals surface area contributed by atoms with Gasteiger partial charge in [-0.05, 0) is 30.3 Å². The molecule has 72 valence electrons. The fraction of sp³-hybridized carbons (Fsp3) is 0.0909. The predicted molar refractivity (Wildman–Crippen MR) is 55.1 cm³/mol. The minimum Gasteiger partial charge on any atom is -0.495 e. The maximum absolute atomic E-state index is 5.77. The highest BCUT2D eigenvalue weighted by molar-refractivity contribution is 5.67. The normalized spacial score (nSPS) is 10.1. The number of nitrogen functional groups attached to an aromatic ring is 1. The van der Waals surface area contributed by atoms with E-state index in [0.717, 1.165) is 11.3 Å². The molecular weight excluding hydrogens is 178 g/mol. The number of furan rings is 1. The van der Waals surface area contributed by atoms with Crippen LogP contribution in [0.5, 0.6) is 5.75 Å². The first-order valence-electron chi connectivity index (χ1n) is 4.28. The third-order valence-corrected chi connectivity index (χ3v) is 2.04. The lowest BCUT2D eigenvalue weighted by molar-refractivity contribution is 0.417. The van der Waals surface area contributed by atoms with Gasteiger partial charge in [0.25, 0.3) is 0 Å². The minimum absolute atomic E-state index is 0.612. The molecule has 0 bridgehead atoms. The maximum Gasteiger partial charge on any atom is 0.141 e. The number of ether oxygens (including phenoxy) is 1. The quantitative estimate of drug-likeness (QED) is 0.738. The van der Waals surface area contributed by atoms with Crippen LogP contribution in [0.4, 0.5) is 5.69 Å². The zero-order valence-corrected chi connectivity index (χ0v) is 7.86. The van der Waals surface area contributed by atoms with E-state index in [2.05, 4.69) is 0 Å². The molecule has 0 spiro atoms. The van der Waals surface area contributed by atoms with E-state index >= 15 is 0 Å². The highest BCUT2D eigenvalue weighted by Gasteiger charge is 2.04. The Bertz CT molecular complexity index is 421. The topological polar surface area (TPSA) is 48.4 Å². The summed E-state index contributed by atoms with van der Waals surface area (Å²) in [6.07, 6.45) is 1.63. The fourth-order valence-electron chi connectivity index (χ4n) is 1.33. The molecule has 1 heterocycles. The lowest BCUT2D eigenvalue weighted by Gasteiger charge is -2.05. The summed E-state index contributed by atoms with van der Waals surface area (Å²) in [6.45, 7) is 0. The third kappa shape index (κ3) is 1.44. The second kappa shape index (κ2) is 3.46. The molecule has 0 radical (unpaired) electrons. The summed E-state index contributed by atoms with van der Waals surface area (Å²) >= 11 is 0. The molecule has 3 nitrogen and oxygen atoms in total. The Balaban J connectivity index is 2.43. The average Bonchev–Trinajstić information content (AvgIpc) is 2.70. The molecule has 3 heteroatoms. The Morgan fingerprint density at radius 1 is 1.29 bits per heavy atom. The Hall–Kier alpha value is -1.90. The summed E-state index contributed by atoms with van der Waals surface area (Å²) in [7, 11) is 1.60. The number of anilines is 1. The highest BCUT2D eigenvalue weighted by Crippen LogP contribution is 2.28. The van der Waals surface area contributed by atoms with Crippen molar-refractivity contribution in [3.63, 3.8) is 0 Å². The number of rotatable bonds is 2. The predicted octanol–water partition coefficient (Wildman–Crippen LogP) is 2.54. The first-order chi connectivity index (χ1) is 6.81. The zero-order chi connectivity index (χ0) is 9.97. The van der Waals surface area contributed by atoms with Crippen LogP contribution in [-0.2, 0) is 0 Å². The molecule has 1 aromatic heterocycles. The molecule has 0 unspecified atom stereocenters. The minimum atomic E-state index is 0.612. The number of nitrogens with two attached hydrogens (primary N) is 1. The van der Waals surface area contributed by atoms with Crippen molar-refractivity contribution >= 4 is 5.69 Å². The Morgan fingerprint density at radius 3 is 2.71 bits per heavy atom. The molecule has 0 aliphatic rings. The number of methoxy groups -OCH3 is 1. The molecule has 0 saturated heterocycles. The molecule has 0 fully saturated rings. The van der Waals surface area contributed by atoms with Crippen molar-refractivity contribution in [2.45, 2.75) is 0 Å². The standard InChI is InChI=1S/C11H11NO2/c1-13-11-5-4-8(7-9(11)12)10-3-2-6-14-10/h2-7H,12H2,1H3. The van der Waals surface area contributed by atoms with Crippen molar-refractivity contribution in [2.24, 2.45) is 0 Å². The van der Waals surface area contributed by atoms with Crippen molar-refractivity contribution in [2.75, 3.05) is 12.8 Å². The van der Waals surface area contributed by atoms with Crippen LogP contribution >= 0.6 is 0 Å². The van der Waals surface area contributed by atoms with Crippen molar-refractivity contribution in [1.82, 2.24) is 0 Å². The van der Waals surface area contributed by atoms with E-state index in [-0.39, 0.29) is 0 Å². The molecule has 1 aromatic carbocycles. The monoisotopic (exact) mass is 189 g/mol. The lowest BCUT2D eigenvalue weighted by atomic mass is 10.1. The fourth-order valence-corrected chi connectivity index (χ4v) is 1.33. The summed E-state index contributed by atoms with van der Waals surface area (Å²) in [6, 6.07) is 9.30. The van der Waals surface area contributed by atoms with E-state index < -0.39 is 0 Å². The van der Waals surface area contributed by atoms with Gasteiger partial charge in [0.05, 0.1) is 19.1 Å². The largest absolute Gasteiger partial charge is 0.495 e. The van der Waals surface area contributed by atoms with Gasteiger partial charge in [-0.3, -0.25) is 0 Å². The molecule has 2 rings (SSSR count). The van der Waals surface area contributed by atoms with Gasteiger partial charge in [-0.2, -0.15) is 0 Å². The SMILES string of the molecule is COc1ccc(-c2ccco2)cc1N. The lowest BCUT2D eigenvalue weighted by Crippen LogP contribution is -1.92. The van der Waals surface area contributed by atoms with Gasteiger partial charge < -0.3 is 14.9 Å². The molecular formula is C11H11NO2. The van der Waals surface area contributed by atoms with Crippen LogP contribution < -0.4 is 10.5 Å². The summed E-state index contributed by atoms with van der Waals surface area (Å²) < 4.78 is 10.3. The van der Waals surface area contributed by atoms with E-state index in [0.29, 0.717) is 11.4 Å². The molecule has 2 aromatic rings. The number of hydrogen-bond donors (Lipinski definition) is 1. The van der Waals surface area contributed by atoms with Crippen LogP contribution in [-0.4, -0.2) is 7.11 Å². The molecule has 2 N–H and O–H groups in total. The van der Waals surface area contributed by atoms with Gasteiger partial charge in [0, 0.05) is 5.56 Å². The smallest absolute Gasteiger partial charge is 0.141 e. The van der Waals surface area contributed by atoms with Gasteiger partial charge >= 0.3 is 0 Å². The van der Waals surface area contributed by atoms with E-state index in [1.165, 1.54) is 0 Å². The number of benzene rings is 1. The Kier molecular flexibility index (Phi) is 2.14. The molecule has 0 amide bonds. The van der Waals surface area contributed by atoms with Crippen LogP contribution in [0.3, 0.4) is 0 Å². The van der Waals surface area contributed by atoms with E-state index in [1.54, 1.807) is 13.4 Å². The van der Waals surface area contributed by atoms with Crippen molar-refractivity contribution in [3.05, 3.63) is 36.6 Å². The second-order valence-electron chi connectivity index (χ2n) is 2.93. The molecule has 14 heavy (non-hydrogen) atoms. The second-order valence-corrected chi connectivity index (χ2v) is 2.93. The van der Waals surface area contributed by atoms with Crippen molar-refractivity contribution < 1.29 is 9.15 Å². The van der Waals surface area contributed by atoms with Gasteiger partial charge in [0.1, 0.15) is 11.5 Å². The summed E-state index contributed by atoms with van der Waals surface area (Å²) in [5.74, 6) is 1.49. The van der Waals surface area contributed by atoms with Gasteiger partial charge in [0.15, 0.2) is 0 Å². The molecule has 0 aliphatic carbocycles. The van der Waals surface area contributed by atoms with Crippen molar-refractivity contribution in [3.8, 4) is 17.1 Å². The molecule has 0 aliphatic heterocycles. The van der Waals surface area contributed by atoms with Crippen LogP contribution in [0.2, 0.25) is 0 Å². The maximum atomic E-state index is 5.77. The third-order valence-electron chi connectivity index (χ3n) is 2.04. The number of hydrogen-bond acceptors (Lipinski definition) is 3. The van der Waals surface area contributed by atoms with Crippen molar-refractivity contribution in [1.29, 1.82) is 0 Å². The first kappa shape index (κ1) is 8.69. The van der Waals surface area contributed by atoms with Gasteiger partial charge in [-0.1, -0.05) is 0 Å². The Labute approximate surface area is 82.1 Å². The summed E-state index contributed by atoms with van der Waals surface area (Å²) in [4.78, 5) is 0. The van der Waals surface area contributed by atoms with Crippen LogP contribution in [0.25, 0.3) is 11.3 Å². The zero-order valence-electron chi connectivity index (χ0n) is 7.86. The van der Waals surface area contributed by atoms with E-state index in [1.807, 2.05) is 30.3 Å². The van der Waals surface area contributed by atoms with E-state index in [9.17, 15) is 0 Å². The van der Waals surface area contributed by atoms with Crippen LogP contribution in [0.15, 0.2) is 41.0 Å². The van der Waals surface area contributed by atoms with E-state index in [4.69, 9.17) is 14.9 Å². The van der Waals surface area contributed by atoms with Crippen LogP contribution in [0, 0.1) is 0 Å². The van der Waals surface area contributed by atoms with Gasteiger partial charge in [-0.15, -0.1) is 0 Å². The summed E-state index contributed by atoms with van der Waals surface area (Å²) in [5.41, 5.74) is 7.34. The van der Waals surface area contributed by atoms with Gasteiger partial charge in [-0.25, -0.2) is 0 Å². The summed E-state index contributed by atoms with van der Waals surface area (Å²) in [5, 5.41) is 0. The highest BCUT2D eigenvalue weighted by atomic mass is 16.5. The van der Waals surface area contributed by atoms with Crippen LogP contribution in [0.1, 0.15) is 0 Å². The molecule has 0 saturated carbocycles. The first-order valence-corrected chi connectivity index (χ1v) is 4.28. The van der Waals surface area contributed by atoms with Gasteiger partial charge in [0.2, 0.25) is 0 Å². The Morgan fingerprint density at radius 2 is 2.14 bits per heavy atom.